The average Bonchev–Trinajstić information content (AvgIpc) is 2.84. The summed E-state index contributed by atoms with van der Waals surface area (Å²) in [5.41, 5.74) is 2.39. The molecule has 1 atom stereocenters. The number of halogens is 1. The summed E-state index contributed by atoms with van der Waals surface area (Å²) in [5, 5.41) is 4.09. The van der Waals surface area contributed by atoms with Crippen LogP contribution in [0.25, 0.3) is 0 Å². The molecule has 1 aliphatic rings. The Morgan fingerprint density at radius 2 is 1.87 bits per heavy atom. The van der Waals surface area contributed by atoms with Crippen molar-refractivity contribution >= 4 is 39.8 Å². The maximum absolute atomic E-state index is 12.9. The van der Waals surface area contributed by atoms with Crippen LogP contribution in [0.4, 0.5) is 5.00 Å². The van der Waals surface area contributed by atoms with Gasteiger partial charge in [-0.3, -0.25) is 4.79 Å². The van der Waals surface area contributed by atoms with Crippen molar-refractivity contribution in [3.63, 3.8) is 0 Å². The van der Waals surface area contributed by atoms with Crippen LogP contribution in [0.3, 0.4) is 0 Å². The van der Waals surface area contributed by atoms with Gasteiger partial charge in [0.25, 0.3) is 5.91 Å². The van der Waals surface area contributed by atoms with Gasteiger partial charge in [0, 0.05) is 9.90 Å². The highest BCUT2D eigenvalue weighted by molar-refractivity contribution is 7.17. The number of fused-ring (bicyclic) bond motifs is 1. The first kappa shape index (κ1) is 22.6. The van der Waals surface area contributed by atoms with E-state index in [0.29, 0.717) is 21.3 Å². The third-order valence-electron chi connectivity index (χ3n) is 5.01. The van der Waals surface area contributed by atoms with E-state index in [9.17, 15) is 9.59 Å². The summed E-state index contributed by atoms with van der Waals surface area (Å²) >= 11 is 7.47. The molecule has 7 heteroatoms. The molecule has 162 valence electrons. The molecular formula is C23H28ClNO4S. The minimum atomic E-state index is -0.735. The summed E-state index contributed by atoms with van der Waals surface area (Å²) in [6.07, 6.45) is 4.07. The smallest absolute Gasteiger partial charge is 0.341 e. The molecule has 1 N–H and O–H groups in total. The monoisotopic (exact) mass is 449 g/mol. The van der Waals surface area contributed by atoms with Gasteiger partial charge in [0.2, 0.25) is 0 Å². The zero-order chi connectivity index (χ0) is 21.8. The lowest BCUT2D eigenvalue weighted by Crippen LogP contribution is -2.30. The quantitative estimate of drug-likeness (QED) is 0.437. The topological polar surface area (TPSA) is 64.6 Å². The fraction of sp³-hybridized carbons (Fsp3) is 0.478. The van der Waals surface area contributed by atoms with Gasteiger partial charge in [0.05, 0.1) is 11.7 Å². The van der Waals surface area contributed by atoms with Gasteiger partial charge < -0.3 is 14.8 Å². The molecule has 30 heavy (non-hydrogen) atoms. The Labute approximate surface area is 186 Å². The van der Waals surface area contributed by atoms with Crippen LogP contribution in [0.1, 0.15) is 66.4 Å². The van der Waals surface area contributed by atoms with Crippen molar-refractivity contribution in [2.75, 3.05) is 5.32 Å². The van der Waals surface area contributed by atoms with Crippen LogP contribution < -0.4 is 10.1 Å². The number of hydrogen-bond acceptors (Lipinski definition) is 5. The van der Waals surface area contributed by atoms with E-state index in [2.05, 4.69) is 5.32 Å². The lowest BCUT2D eigenvalue weighted by Gasteiger charge is -2.17. The molecule has 1 aliphatic carbocycles. The predicted molar refractivity (Wildman–Crippen MR) is 121 cm³/mol. The highest BCUT2D eigenvalue weighted by Crippen LogP contribution is 2.38. The van der Waals surface area contributed by atoms with Crippen molar-refractivity contribution in [1.29, 1.82) is 0 Å². The third kappa shape index (κ3) is 5.35. The normalized spacial score (nSPS) is 14.6. The van der Waals surface area contributed by atoms with E-state index in [1.54, 1.807) is 25.1 Å². The average molecular weight is 450 g/mol. The molecule has 2 aromatic rings. The van der Waals surface area contributed by atoms with Crippen LogP contribution in [0.15, 0.2) is 18.2 Å². The molecule has 1 heterocycles. The Bertz CT molecular complexity index is 938. The van der Waals surface area contributed by atoms with E-state index in [1.165, 1.54) is 16.2 Å². The van der Waals surface area contributed by atoms with E-state index < -0.39 is 6.10 Å². The van der Waals surface area contributed by atoms with Gasteiger partial charge in [-0.15, -0.1) is 11.3 Å². The Kier molecular flexibility index (Phi) is 7.42. The first-order chi connectivity index (χ1) is 14.3. The molecular weight excluding hydrogens is 422 g/mol. The molecule has 0 fully saturated rings. The largest absolute Gasteiger partial charge is 0.481 e. The second kappa shape index (κ2) is 9.84. The van der Waals surface area contributed by atoms with Gasteiger partial charge in [-0.05, 0) is 82.7 Å². The van der Waals surface area contributed by atoms with Gasteiger partial charge in [0.1, 0.15) is 10.8 Å². The van der Waals surface area contributed by atoms with Crippen molar-refractivity contribution in [3.05, 3.63) is 44.8 Å². The summed E-state index contributed by atoms with van der Waals surface area (Å²) < 4.78 is 11.3. The zero-order valence-corrected chi connectivity index (χ0v) is 19.4. The minimum Gasteiger partial charge on any atom is -0.481 e. The van der Waals surface area contributed by atoms with E-state index >= 15 is 0 Å². The van der Waals surface area contributed by atoms with Crippen LogP contribution >= 0.6 is 22.9 Å². The molecule has 0 aliphatic heterocycles. The van der Waals surface area contributed by atoms with E-state index in [0.717, 1.165) is 43.2 Å². The lowest BCUT2D eigenvalue weighted by molar-refractivity contribution is -0.122. The maximum Gasteiger partial charge on any atom is 0.341 e. The molecule has 0 saturated carbocycles. The van der Waals surface area contributed by atoms with Gasteiger partial charge >= 0.3 is 5.97 Å². The molecule has 0 bridgehead atoms. The predicted octanol–water partition coefficient (Wildman–Crippen LogP) is 5.95. The highest BCUT2D eigenvalue weighted by atomic mass is 35.5. The molecule has 3 rings (SSSR count). The standard InChI is InChI=1S/C23H28ClNO4S/c1-13(2)28-23(27)20-17-8-6-5-7-9-19(17)30-22(20)25-21(26)15(4)29-18-11-10-16(24)12-14(18)3/h10-13,15H,5-9H2,1-4H3,(H,25,26)/t15-/m1/s1. The number of carbonyl (C=O) groups is 2. The second-order valence-corrected chi connectivity index (χ2v) is 9.42. The second-order valence-electron chi connectivity index (χ2n) is 7.88. The van der Waals surface area contributed by atoms with Crippen molar-refractivity contribution in [1.82, 2.24) is 0 Å². The first-order valence-corrected chi connectivity index (χ1v) is 11.5. The Morgan fingerprint density at radius 1 is 1.13 bits per heavy atom. The van der Waals surface area contributed by atoms with Gasteiger partial charge in [-0.1, -0.05) is 18.0 Å². The SMILES string of the molecule is Cc1cc(Cl)ccc1O[C@H](C)C(=O)Nc1sc2c(c1C(=O)OC(C)C)CCCCC2. The number of carbonyl (C=O) groups excluding carboxylic acids is 2. The van der Waals surface area contributed by atoms with Gasteiger partial charge in [0.15, 0.2) is 6.10 Å². The van der Waals surface area contributed by atoms with Crippen LogP contribution in [-0.4, -0.2) is 24.1 Å². The number of thiophene rings is 1. The Hall–Kier alpha value is -2.05. The van der Waals surface area contributed by atoms with E-state index in [4.69, 9.17) is 21.1 Å². The van der Waals surface area contributed by atoms with Crippen LogP contribution in [0.2, 0.25) is 5.02 Å². The summed E-state index contributed by atoms with van der Waals surface area (Å²) in [7, 11) is 0. The molecule has 5 nitrogen and oxygen atoms in total. The summed E-state index contributed by atoms with van der Waals surface area (Å²) in [4.78, 5) is 26.9. The third-order valence-corrected chi connectivity index (χ3v) is 6.46. The van der Waals surface area contributed by atoms with Gasteiger partial charge in [-0.2, -0.15) is 0 Å². The number of hydrogen-bond donors (Lipinski definition) is 1. The number of aryl methyl sites for hydroxylation is 2. The molecule has 0 unspecified atom stereocenters. The van der Waals surface area contributed by atoms with Crippen molar-refractivity contribution in [2.24, 2.45) is 0 Å². The van der Waals surface area contributed by atoms with Crippen LogP contribution in [0.5, 0.6) is 5.75 Å². The number of nitrogens with one attached hydrogen (secondary N) is 1. The maximum atomic E-state index is 12.9. The minimum absolute atomic E-state index is 0.225. The van der Waals surface area contributed by atoms with Crippen molar-refractivity contribution in [3.8, 4) is 5.75 Å². The Morgan fingerprint density at radius 3 is 2.57 bits per heavy atom. The summed E-state index contributed by atoms with van der Waals surface area (Å²) in [5.74, 6) is -0.0790. The number of anilines is 1. The fourth-order valence-corrected chi connectivity index (χ4v) is 5.03. The molecule has 1 aromatic carbocycles. The molecule has 0 spiro atoms. The van der Waals surface area contributed by atoms with E-state index in [1.807, 2.05) is 20.8 Å². The molecule has 0 radical (unpaired) electrons. The first-order valence-electron chi connectivity index (χ1n) is 10.4. The fourth-order valence-electron chi connectivity index (χ4n) is 3.52. The van der Waals surface area contributed by atoms with Crippen LogP contribution in [0, 0.1) is 6.92 Å². The number of esters is 1. The van der Waals surface area contributed by atoms with E-state index in [-0.39, 0.29) is 18.0 Å². The molecule has 0 saturated heterocycles. The summed E-state index contributed by atoms with van der Waals surface area (Å²) in [6.45, 7) is 7.22. The zero-order valence-electron chi connectivity index (χ0n) is 17.8. The lowest BCUT2D eigenvalue weighted by atomic mass is 10.1. The van der Waals surface area contributed by atoms with Crippen molar-refractivity contribution < 1.29 is 19.1 Å². The Balaban J connectivity index is 1.82. The number of ether oxygens (including phenoxy) is 2. The van der Waals surface area contributed by atoms with Crippen LogP contribution in [-0.2, 0) is 22.4 Å². The molecule has 1 aromatic heterocycles. The number of benzene rings is 1. The van der Waals surface area contributed by atoms with Gasteiger partial charge in [-0.25, -0.2) is 4.79 Å². The molecule has 1 amide bonds. The number of amides is 1. The van der Waals surface area contributed by atoms with Crippen molar-refractivity contribution in [2.45, 2.75) is 72.0 Å². The summed E-state index contributed by atoms with van der Waals surface area (Å²) in [6, 6.07) is 5.27. The number of rotatable bonds is 6. The highest BCUT2D eigenvalue weighted by Gasteiger charge is 2.28.